The predicted octanol–water partition coefficient (Wildman–Crippen LogP) is 0.349. The number of hydrogen-bond acceptors (Lipinski definition) is 6. The van der Waals surface area contributed by atoms with Crippen molar-refractivity contribution in [3.8, 4) is 5.69 Å². The molecule has 2 atom stereocenters. The number of nitrogens with one attached hydrogen (secondary N) is 1. The summed E-state index contributed by atoms with van der Waals surface area (Å²) >= 11 is 0. The smallest absolute Gasteiger partial charge is 0.224 e. The van der Waals surface area contributed by atoms with Gasteiger partial charge in [0.1, 0.15) is 0 Å². The molecule has 1 aliphatic rings. The Labute approximate surface area is 147 Å². The van der Waals surface area contributed by atoms with Crippen LogP contribution >= 0.6 is 0 Å². The minimum atomic E-state index is 0.0105. The van der Waals surface area contributed by atoms with E-state index < -0.39 is 0 Å². The molecule has 1 saturated heterocycles. The highest BCUT2D eigenvalue weighted by Gasteiger charge is 2.32. The Bertz CT molecular complexity index is 714. The second-order valence-corrected chi connectivity index (χ2v) is 6.37. The molecular formula is C17H24N6O2. The highest BCUT2D eigenvalue weighted by molar-refractivity contribution is 5.79. The summed E-state index contributed by atoms with van der Waals surface area (Å²) in [6, 6.07) is 7.73. The van der Waals surface area contributed by atoms with Crippen LogP contribution in [0, 0.1) is 6.92 Å². The molecule has 0 unspecified atom stereocenters. The van der Waals surface area contributed by atoms with Gasteiger partial charge < -0.3 is 15.0 Å². The van der Waals surface area contributed by atoms with Gasteiger partial charge in [0.15, 0.2) is 5.82 Å². The van der Waals surface area contributed by atoms with Crippen LogP contribution < -0.4 is 5.32 Å². The van der Waals surface area contributed by atoms with Crippen molar-refractivity contribution in [1.82, 2.24) is 30.4 Å². The summed E-state index contributed by atoms with van der Waals surface area (Å²) in [5, 5.41) is 14.5. The van der Waals surface area contributed by atoms with Crippen molar-refractivity contribution < 1.29 is 9.53 Å². The molecule has 2 aromatic rings. The van der Waals surface area contributed by atoms with Crippen LogP contribution in [0.3, 0.4) is 0 Å². The minimum Gasteiger partial charge on any atom is -0.375 e. The number of ether oxygens (including phenoxy) is 1. The number of aryl methyl sites for hydroxylation is 1. The second-order valence-electron chi connectivity index (χ2n) is 6.37. The Morgan fingerprint density at radius 1 is 1.32 bits per heavy atom. The van der Waals surface area contributed by atoms with Gasteiger partial charge in [0.2, 0.25) is 5.91 Å². The first kappa shape index (κ1) is 17.5. The molecule has 0 bridgehead atoms. The maximum atomic E-state index is 12.4. The van der Waals surface area contributed by atoms with E-state index >= 15 is 0 Å². The molecule has 0 spiro atoms. The van der Waals surface area contributed by atoms with Gasteiger partial charge in [-0.15, -0.1) is 5.10 Å². The Hall–Kier alpha value is -2.32. The number of likely N-dealkylation sites (tertiary alicyclic amines) is 1. The van der Waals surface area contributed by atoms with Gasteiger partial charge in [-0.25, -0.2) is 0 Å². The fraction of sp³-hybridized carbons (Fsp3) is 0.529. The van der Waals surface area contributed by atoms with E-state index in [2.05, 4.69) is 25.7 Å². The molecule has 8 heteroatoms. The quantitative estimate of drug-likeness (QED) is 0.814. The number of carbonyl (C=O) groups excluding carboxylic acids is 1. The van der Waals surface area contributed by atoms with E-state index in [4.69, 9.17) is 4.74 Å². The molecule has 1 aliphatic heterocycles. The lowest BCUT2D eigenvalue weighted by Gasteiger charge is -2.19. The van der Waals surface area contributed by atoms with Gasteiger partial charge in [-0.1, -0.05) is 12.1 Å². The van der Waals surface area contributed by atoms with Crippen molar-refractivity contribution in [2.45, 2.75) is 32.4 Å². The molecule has 0 aliphatic carbocycles. The predicted molar refractivity (Wildman–Crippen MR) is 92.4 cm³/mol. The Morgan fingerprint density at radius 3 is 2.72 bits per heavy atom. The van der Waals surface area contributed by atoms with Gasteiger partial charge in [0, 0.05) is 19.7 Å². The average Bonchev–Trinajstić information content (AvgIpc) is 3.14. The second kappa shape index (κ2) is 7.71. The molecule has 25 heavy (non-hydrogen) atoms. The van der Waals surface area contributed by atoms with Gasteiger partial charge in [-0.3, -0.25) is 4.79 Å². The summed E-state index contributed by atoms with van der Waals surface area (Å²) < 4.78 is 7.38. The monoisotopic (exact) mass is 344 g/mol. The molecule has 3 rings (SSSR count). The van der Waals surface area contributed by atoms with E-state index in [1.54, 1.807) is 4.68 Å². The first-order valence-electron chi connectivity index (χ1n) is 8.50. The number of rotatable bonds is 6. The van der Waals surface area contributed by atoms with Crippen LogP contribution in [0.25, 0.3) is 5.69 Å². The molecular weight excluding hydrogens is 320 g/mol. The van der Waals surface area contributed by atoms with Crippen LogP contribution in [0.1, 0.15) is 18.3 Å². The summed E-state index contributed by atoms with van der Waals surface area (Å²) in [5.74, 6) is 0.731. The van der Waals surface area contributed by atoms with Crippen LogP contribution in [-0.2, 0) is 16.0 Å². The number of nitrogens with zero attached hydrogens (tertiary/aromatic N) is 5. The first-order chi connectivity index (χ1) is 12.1. The number of carbonyl (C=O) groups is 1. The Balaban J connectivity index is 1.58. The Morgan fingerprint density at radius 2 is 2.08 bits per heavy atom. The SMILES string of the molecule is CCO[C@H]1CN(C)C[C@@H]1NC(=O)Cc1ccc(-n2nnnc2C)cc1. The van der Waals surface area contributed by atoms with Crippen molar-refractivity contribution >= 4 is 5.91 Å². The zero-order chi connectivity index (χ0) is 17.8. The maximum Gasteiger partial charge on any atom is 0.224 e. The lowest BCUT2D eigenvalue weighted by atomic mass is 10.1. The van der Waals surface area contributed by atoms with Crippen LogP contribution in [0.5, 0.6) is 0 Å². The van der Waals surface area contributed by atoms with E-state index in [9.17, 15) is 4.79 Å². The third-order valence-electron chi connectivity index (χ3n) is 4.35. The molecule has 1 aromatic carbocycles. The summed E-state index contributed by atoms with van der Waals surface area (Å²) in [6.45, 7) is 6.13. The summed E-state index contributed by atoms with van der Waals surface area (Å²) in [6.07, 6.45) is 0.401. The standard InChI is InChI=1S/C17H24N6O2/c1-4-25-16-11-22(3)10-15(16)18-17(24)9-13-5-7-14(8-6-13)23-12(2)19-20-21-23/h5-8,15-16H,4,9-11H2,1-3H3,(H,18,24)/t15-,16-/m0/s1. The molecule has 8 nitrogen and oxygen atoms in total. The van der Waals surface area contributed by atoms with Crippen molar-refractivity contribution in [3.63, 3.8) is 0 Å². The van der Waals surface area contributed by atoms with E-state index in [0.29, 0.717) is 13.0 Å². The van der Waals surface area contributed by atoms with Crippen LogP contribution in [0.4, 0.5) is 0 Å². The van der Waals surface area contributed by atoms with Crippen molar-refractivity contribution in [1.29, 1.82) is 0 Å². The van der Waals surface area contributed by atoms with Crippen LogP contribution in [-0.4, -0.2) is 69.9 Å². The zero-order valence-corrected chi connectivity index (χ0v) is 14.8. The summed E-state index contributed by atoms with van der Waals surface area (Å²) in [7, 11) is 2.04. The number of amides is 1. The zero-order valence-electron chi connectivity index (χ0n) is 14.8. The van der Waals surface area contributed by atoms with E-state index in [-0.39, 0.29) is 18.1 Å². The minimum absolute atomic E-state index is 0.0105. The number of hydrogen-bond donors (Lipinski definition) is 1. The summed E-state index contributed by atoms with van der Waals surface area (Å²) in [4.78, 5) is 14.5. The average molecular weight is 344 g/mol. The molecule has 1 aromatic heterocycles. The molecule has 1 N–H and O–H groups in total. The molecule has 134 valence electrons. The molecule has 0 saturated carbocycles. The lowest BCUT2D eigenvalue weighted by molar-refractivity contribution is -0.121. The molecule has 2 heterocycles. The third-order valence-corrected chi connectivity index (χ3v) is 4.35. The number of tetrazole rings is 1. The van der Waals surface area contributed by atoms with Crippen molar-refractivity contribution in [2.75, 3.05) is 26.7 Å². The summed E-state index contributed by atoms with van der Waals surface area (Å²) in [5.41, 5.74) is 1.83. The van der Waals surface area contributed by atoms with Crippen LogP contribution in [0.2, 0.25) is 0 Å². The van der Waals surface area contributed by atoms with Gasteiger partial charge in [-0.05, 0) is 49.0 Å². The molecule has 1 fully saturated rings. The molecule has 0 radical (unpaired) electrons. The highest BCUT2D eigenvalue weighted by Crippen LogP contribution is 2.13. The van der Waals surface area contributed by atoms with Gasteiger partial charge in [0.25, 0.3) is 0 Å². The lowest BCUT2D eigenvalue weighted by Crippen LogP contribution is -2.44. The van der Waals surface area contributed by atoms with E-state index in [1.165, 1.54) is 0 Å². The number of benzene rings is 1. The Kier molecular flexibility index (Phi) is 5.40. The van der Waals surface area contributed by atoms with Gasteiger partial charge in [-0.2, -0.15) is 4.68 Å². The van der Waals surface area contributed by atoms with Gasteiger partial charge >= 0.3 is 0 Å². The van der Waals surface area contributed by atoms with Crippen LogP contribution in [0.15, 0.2) is 24.3 Å². The number of aromatic nitrogens is 4. The van der Waals surface area contributed by atoms with Gasteiger partial charge in [0.05, 0.1) is 24.3 Å². The fourth-order valence-corrected chi connectivity index (χ4v) is 3.15. The third kappa shape index (κ3) is 4.21. The highest BCUT2D eigenvalue weighted by atomic mass is 16.5. The van der Waals surface area contributed by atoms with E-state index in [0.717, 1.165) is 30.2 Å². The maximum absolute atomic E-state index is 12.4. The van der Waals surface area contributed by atoms with Crippen molar-refractivity contribution in [2.24, 2.45) is 0 Å². The normalized spacial score (nSPS) is 20.8. The molecule has 1 amide bonds. The fourth-order valence-electron chi connectivity index (χ4n) is 3.15. The van der Waals surface area contributed by atoms with E-state index in [1.807, 2.05) is 45.2 Å². The van der Waals surface area contributed by atoms with Crippen molar-refractivity contribution in [3.05, 3.63) is 35.7 Å². The largest absolute Gasteiger partial charge is 0.375 e. The first-order valence-corrected chi connectivity index (χ1v) is 8.50. The topological polar surface area (TPSA) is 85.2 Å². The number of likely N-dealkylation sites (N-methyl/N-ethyl adjacent to an activating group) is 1.